The van der Waals surface area contributed by atoms with Gasteiger partial charge in [-0.15, -0.1) is 0 Å². The quantitative estimate of drug-likeness (QED) is 0.541. The molecule has 4 N–H and O–H groups in total. The second-order valence-electron chi connectivity index (χ2n) is 7.93. The molecule has 1 saturated heterocycles. The van der Waals surface area contributed by atoms with Crippen molar-refractivity contribution in [3.63, 3.8) is 0 Å². The van der Waals surface area contributed by atoms with Crippen molar-refractivity contribution in [1.82, 2.24) is 9.55 Å². The SMILES string of the molecule is CC(C)CN(C(=O)C[NH+]1CCOCC1)c1c(N)n(CC(C)C)c(=O)[nH]c1=O. The first-order valence-electron chi connectivity index (χ1n) is 9.55. The highest BCUT2D eigenvalue weighted by atomic mass is 16.5. The van der Waals surface area contributed by atoms with Crippen molar-refractivity contribution in [2.75, 3.05) is 50.0 Å². The molecule has 1 fully saturated rings. The Hall–Kier alpha value is -2.13. The molecule has 1 aromatic heterocycles. The number of amides is 1. The molecule has 1 amide bonds. The van der Waals surface area contributed by atoms with Crippen LogP contribution in [-0.4, -0.2) is 54.9 Å². The second-order valence-corrected chi connectivity index (χ2v) is 7.93. The summed E-state index contributed by atoms with van der Waals surface area (Å²) in [6.45, 7) is 11.6. The van der Waals surface area contributed by atoms with Gasteiger partial charge >= 0.3 is 5.69 Å². The van der Waals surface area contributed by atoms with Crippen LogP contribution in [-0.2, 0) is 16.1 Å². The molecule has 0 radical (unpaired) electrons. The summed E-state index contributed by atoms with van der Waals surface area (Å²) in [5, 5.41) is 0. The number of hydrogen-bond donors (Lipinski definition) is 3. The molecule has 0 atom stereocenters. The van der Waals surface area contributed by atoms with Gasteiger partial charge in [0.15, 0.2) is 12.2 Å². The number of carbonyl (C=O) groups excluding carboxylic acids is 1. The Bertz CT molecular complexity index is 762. The molecule has 0 unspecified atom stereocenters. The van der Waals surface area contributed by atoms with Gasteiger partial charge in [-0.1, -0.05) is 27.7 Å². The predicted octanol–water partition coefficient (Wildman–Crippen LogP) is -1.32. The molecule has 1 aliphatic rings. The van der Waals surface area contributed by atoms with Crippen LogP contribution in [0, 0.1) is 11.8 Å². The van der Waals surface area contributed by atoms with Gasteiger partial charge in [0.05, 0.1) is 13.2 Å². The number of H-pyrrole nitrogens is 1. The smallest absolute Gasteiger partial charge is 0.330 e. The van der Waals surface area contributed by atoms with Crippen LogP contribution in [0.15, 0.2) is 9.59 Å². The van der Waals surface area contributed by atoms with Crippen molar-refractivity contribution in [2.45, 2.75) is 34.2 Å². The number of anilines is 2. The van der Waals surface area contributed by atoms with Gasteiger partial charge in [0.2, 0.25) is 0 Å². The van der Waals surface area contributed by atoms with Crippen molar-refractivity contribution in [2.24, 2.45) is 11.8 Å². The topological polar surface area (TPSA) is 115 Å². The van der Waals surface area contributed by atoms with E-state index in [1.165, 1.54) is 9.47 Å². The molecule has 2 heterocycles. The fourth-order valence-electron chi connectivity index (χ4n) is 3.21. The van der Waals surface area contributed by atoms with E-state index in [4.69, 9.17) is 10.5 Å². The van der Waals surface area contributed by atoms with Crippen molar-refractivity contribution in [3.8, 4) is 0 Å². The van der Waals surface area contributed by atoms with Gasteiger partial charge in [0, 0.05) is 13.1 Å². The van der Waals surface area contributed by atoms with Crippen LogP contribution in [0.3, 0.4) is 0 Å². The van der Waals surface area contributed by atoms with E-state index in [1.807, 2.05) is 27.7 Å². The molecule has 9 heteroatoms. The summed E-state index contributed by atoms with van der Waals surface area (Å²) >= 11 is 0. The maximum absolute atomic E-state index is 13.0. The largest absolute Gasteiger partial charge is 0.383 e. The summed E-state index contributed by atoms with van der Waals surface area (Å²) in [6, 6.07) is 0. The van der Waals surface area contributed by atoms with Crippen molar-refractivity contribution >= 4 is 17.4 Å². The molecule has 0 aromatic carbocycles. The van der Waals surface area contributed by atoms with Crippen LogP contribution in [0.2, 0.25) is 0 Å². The second kappa shape index (κ2) is 9.18. The Morgan fingerprint density at radius 2 is 1.85 bits per heavy atom. The molecule has 0 spiro atoms. The van der Waals surface area contributed by atoms with Crippen LogP contribution < -0.4 is 26.8 Å². The summed E-state index contributed by atoms with van der Waals surface area (Å²) in [5.41, 5.74) is 5.10. The number of quaternary nitrogens is 1. The minimum absolute atomic E-state index is 0.0448. The number of carbonyl (C=O) groups is 1. The van der Waals surface area contributed by atoms with Crippen LogP contribution in [0.25, 0.3) is 0 Å². The normalized spacial score (nSPS) is 15.5. The molecule has 2 rings (SSSR count). The lowest BCUT2D eigenvalue weighted by Gasteiger charge is -2.29. The van der Waals surface area contributed by atoms with E-state index in [0.717, 1.165) is 18.0 Å². The number of nitrogens with one attached hydrogen (secondary N) is 2. The third-order valence-corrected chi connectivity index (χ3v) is 4.48. The molecular formula is C18H32N5O4+. The lowest BCUT2D eigenvalue weighted by molar-refractivity contribution is -0.900. The molecule has 27 heavy (non-hydrogen) atoms. The number of nitrogens with zero attached hydrogens (tertiary/aromatic N) is 2. The van der Waals surface area contributed by atoms with Crippen LogP contribution in [0.4, 0.5) is 11.5 Å². The number of morpholine rings is 1. The summed E-state index contributed by atoms with van der Waals surface area (Å²) in [5.74, 6) is 0.171. The summed E-state index contributed by atoms with van der Waals surface area (Å²) < 4.78 is 6.67. The lowest BCUT2D eigenvalue weighted by Crippen LogP contribution is -3.15. The van der Waals surface area contributed by atoms with Crippen LogP contribution in [0.5, 0.6) is 0 Å². The number of rotatable bonds is 7. The van der Waals surface area contributed by atoms with Gasteiger partial charge in [-0.25, -0.2) is 4.79 Å². The van der Waals surface area contributed by atoms with E-state index in [0.29, 0.717) is 26.3 Å². The van der Waals surface area contributed by atoms with Gasteiger partial charge in [0.25, 0.3) is 11.5 Å². The van der Waals surface area contributed by atoms with Gasteiger partial charge in [-0.2, -0.15) is 0 Å². The van der Waals surface area contributed by atoms with E-state index in [1.54, 1.807) is 0 Å². The van der Waals surface area contributed by atoms with Crippen molar-refractivity contribution in [3.05, 3.63) is 20.8 Å². The third kappa shape index (κ3) is 5.43. The maximum Gasteiger partial charge on any atom is 0.330 e. The number of aromatic amines is 1. The Balaban J connectivity index is 2.41. The van der Waals surface area contributed by atoms with Gasteiger partial charge in [-0.05, 0) is 11.8 Å². The Labute approximate surface area is 159 Å². The van der Waals surface area contributed by atoms with Crippen LogP contribution in [0.1, 0.15) is 27.7 Å². The summed E-state index contributed by atoms with van der Waals surface area (Å²) in [6.07, 6.45) is 0. The first-order valence-corrected chi connectivity index (χ1v) is 9.55. The highest BCUT2D eigenvalue weighted by Crippen LogP contribution is 2.19. The first kappa shape index (κ1) is 21.2. The van der Waals surface area contributed by atoms with Crippen LogP contribution >= 0.6 is 0 Å². The van der Waals surface area contributed by atoms with Gasteiger partial charge < -0.3 is 15.4 Å². The summed E-state index contributed by atoms with van der Waals surface area (Å²) in [7, 11) is 0. The number of nitrogen functional groups attached to an aromatic ring is 1. The number of nitrogens with two attached hydrogens (primary N) is 1. The standard InChI is InChI=1S/C18H31N5O4/c1-12(2)9-22(14(24)11-21-5-7-27-8-6-21)15-16(19)23(10-13(3)4)18(26)20-17(15)25/h12-13H,5-11,19H2,1-4H3,(H,20,25,26)/p+1. The molecule has 0 aliphatic carbocycles. The monoisotopic (exact) mass is 382 g/mol. The van der Waals surface area contributed by atoms with Crippen molar-refractivity contribution < 1.29 is 14.4 Å². The minimum Gasteiger partial charge on any atom is -0.383 e. The fraction of sp³-hybridized carbons (Fsp3) is 0.722. The Morgan fingerprint density at radius 1 is 1.22 bits per heavy atom. The van der Waals surface area contributed by atoms with E-state index < -0.39 is 11.2 Å². The van der Waals surface area contributed by atoms with E-state index in [2.05, 4.69) is 4.98 Å². The van der Waals surface area contributed by atoms with Crippen molar-refractivity contribution in [1.29, 1.82) is 0 Å². The van der Waals surface area contributed by atoms with Gasteiger partial charge in [0.1, 0.15) is 18.9 Å². The first-order chi connectivity index (χ1) is 12.7. The number of aromatic nitrogens is 2. The molecule has 9 nitrogen and oxygen atoms in total. The lowest BCUT2D eigenvalue weighted by atomic mass is 10.2. The highest BCUT2D eigenvalue weighted by molar-refractivity contribution is 5.96. The van der Waals surface area contributed by atoms with Gasteiger partial charge in [-0.3, -0.25) is 24.0 Å². The average Bonchev–Trinajstić information content (AvgIpc) is 2.58. The van der Waals surface area contributed by atoms with E-state index in [9.17, 15) is 14.4 Å². The molecule has 1 aliphatic heterocycles. The number of ether oxygens (including phenoxy) is 1. The molecular weight excluding hydrogens is 350 g/mol. The molecule has 152 valence electrons. The Morgan fingerprint density at radius 3 is 2.41 bits per heavy atom. The summed E-state index contributed by atoms with van der Waals surface area (Å²) in [4.78, 5) is 42.6. The Kier molecular flexibility index (Phi) is 7.20. The number of hydrogen-bond acceptors (Lipinski definition) is 5. The average molecular weight is 382 g/mol. The minimum atomic E-state index is -0.622. The van der Waals surface area contributed by atoms with E-state index >= 15 is 0 Å². The molecule has 0 bridgehead atoms. The fourth-order valence-corrected chi connectivity index (χ4v) is 3.21. The zero-order valence-electron chi connectivity index (χ0n) is 16.7. The molecule has 1 aromatic rings. The zero-order chi connectivity index (χ0) is 20.1. The zero-order valence-corrected chi connectivity index (χ0v) is 16.7. The van der Waals surface area contributed by atoms with E-state index in [-0.39, 0.29) is 35.8 Å². The molecule has 0 saturated carbocycles. The third-order valence-electron chi connectivity index (χ3n) is 4.48. The predicted molar refractivity (Wildman–Crippen MR) is 104 cm³/mol. The highest BCUT2D eigenvalue weighted by Gasteiger charge is 2.28. The maximum atomic E-state index is 13.0.